The standard InChI is InChI=1S/C12H18N2O3/c1-3-4-10(8-17-2)14-12(16)9-5-11(15)7-13-6-9/h5-7,10,15H,3-4,8H2,1-2H3,(H,14,16). The third-order valence-electron chi connectivity index (χ3n) is 2.33. The largest absolute Gasteiger partial charge is 0.506 e. The second-order valence-electron chi connectivity index (χ2n) is 3.85. The summed E-state index contributed by atoms with van der Waals surface area (Å²) in [5.41, 5.74) is 0.349. The normalized spacial score (nSPS) is 12.1. The van der Waals surface area contributed by atoms with Crippen LogP contribution in [-0.4, -0.2) is 35.8 Å². The van der Waals surface area contributed by atoms with Gasteiger partial charge in [-0.15, -0.1) is 0 Å². The molecule has 1 aromatic rings. The number of pyridine rings is 1. The summed E-state index contributed by atoms with van der Waals surface area (Å²) in [4.78, 5) is 15.6. The van der Waals surface area contributed by atoms with Crippen molar-refractivity contribution in [2.24, 2.45) is 0 Å². The molecule has 0 bridgehead atoms. The molecule has 0 aliphatic rings. The molecule has 0 spiro atoms. The number of ether oxygens (including phenoxy) is 1. The van der Waals surface area contributed by atoms with Crippen LogP contribution in [0.15, 0.2) is 18.5 Å². The number of hydrogen-bond acceptors (Lipinski definition) is 4. The first-order valence-electron chi connectivity index (χ1n) is 5.61. The lowest BCUT2D eigenvalue weighted by Crippen LogP contribution is -2.37. The van der Waals surface area contributed by atoms with Gasteiger partial charge in [-0.25, -0.2) is 0 Å². The Labute approximate surface area is 101 Å². The van der Waals surface area contributed by atoms with E-state index >= 15 is 0 Å². The van der Waals surface area contributed by atoms with E-state index in [1.54, 1.807) is 7.11 Å². The first-order chi connectivity index (χ1) is 8.17. The van der Waals surface area contributed by atoms with Crippen molar-refractivity contribution in [2.75, 3.05) is 13.7 Å². The van der Waals surface area contributed by atoms with Crippen LogP contribution in [-0.2, 0) is 4.74 Å². The zero-order chi connectivity index (χ0) is 12.7. The number of amides is 1. The van der Waals surface area contributed by atoms with Crippen LogP contribution < -0.4 is 5.32 Å². The molecule has 1 heterocycles. The Balaban J connectivity index is 2.63. The van der Waals surface area contributed by atoms with E-state index in [1.807, 2.05) is 6.92 Å². The molecule has 2 N–H and O–H groups in total. The second kappa shape index (κ2) is 6.85. The zero-order valence-electron chi connectivity index (χ0n) is 10.1. The summed E-state index contributed by atoms with van der Waals surface area (Å²) in [5, 5.41) is 12.1. The highest BCUT2D eigenvalue weighted by Crippen LogP contribution is 2.09. The molecule has 1 aromatic heterocycles. The smallest absolute Gasteiger partial charge is 0.253 e. The number of methoxy groups -OCH3 is 1. The van der Waals surface area contributed by atoms with Gasteiger partial charge in [-0.05, 0) is 12.5 Å². The van der Waals surface area contributed by atoms with Gasteiger partial charge in [0.15, 0.2) is 0 Å². The SMILES string of the molecule is CCCC(COC)NC(=O)c1cncc(O)c1. The molecule has 0 radical (unpaired) electrons. The molecule has 0 fully saturated rings. The van der Waals surface area contributed by atoms with Crippen molar-refractivity contribution in [1.82, 2.24) is 10.3 Å². The minimum absolute atomic E-state index is 0.0140. The monoisotopic (exact) mass is 238 g/mol. The summed E-state index contributed by atoms with van der Waals surface area (Å²) in [6.45, 7) is 2.52. The summed E-state index contributed by atoms with van der Waals surface area (Å²) >= 11 is 0. The van der Waals surface area contributed by atoms with E-state index in [9.17, 15) is 9.90 Å². The van der Waals surface area contributed by atoms with Crippen LogP contribution in [0.2, 0.25) is 0 Å². The predicted octanol–water partition coefficient (Wildman–Crippen LogP) is 1.33. The molecule has 17 heavy (non-hydrogen) atoms. The Morgan fingerprint density at radius 1 is 1.59 bits per heavy atom. The molecule has 5 nitrogen and oxygen atoms in total. The third-order valence-corrected chi connectivity index (χ3v) is 2.33. The van der Waals surface area contributed by atoms with Crippen LogP contribution in [0.5, 0.6) is 5.75 Å². The molecule has 0 aliphatic carbocycles. The van der Waals surface area contributed by atoms with Crippen LogP contribution in [0.3, 0.4) is 0 Å². The summed E-state index contributed by atoms with van der Waals surface area (Å²) in [6.07, 6.45) is 4.53. The average Bonchev–Trinajstić information content (AvgIpc) is 2.29. The summed E-state index contributed by atoms with van der Waals surface area (Å²) in [5.74, 6) is -0.264. The van der Waals surface area contributed by atoms with Crippen molar-refractivity contribution < 1.29 is 14.6 Å². The van der Waals surface area contributed by atoms with Gasteiger partial charge < -0.3 is 15.2 Å². The Kier molecular flexibility index (Phi) is 5.42. The molecule has 0 saturated carbocycles. The Morgan fingerprint density at radius 2 is 2.35 bits per heavy atom. The van der Waals surface area contributed by atoms with E-state index in [-0.39, 0.29) is 17.7 Å². The fourth-order valence-electron chi connectivity index (χ4n) is 1.57. The molecule has 5 heteroatoms. The van der Waals surface area contributed by atoms with Crippen molar-refractivity contribution in [1.29, 1.82) is 0 Å². The van der Waals surface area contributed by atoms with Crippen LogP contribution in [0.25, 0.3) is 0 Å². The van der Waals surface area contributed by atoms with Gasteiger partial charge in [0, 0.05) is 13.3 Å². The van der Waals surface area contributed by atoms with E-state index in [2.05, 4.69) is 10.3 Å². The van der Waals surface area contributed by atoms with Gasteiger partial charge in [0.2, 0.25) is 0 Å². The maximum atomic E-state index is 11.8. The van der Waals surface area contributed by atoms with E-state index in [0.29, 0.717) is 12.2 Å². The van der Waals surface area contributed by atoms with Gasteiger partial charge in [0.1, 0.15) is 5.75 Å². The van der Waals surface area contributed by atoms with Crippen molar-refractivity contribution >= 4 is 5.91 Å². The lowest BCUT2D eigenvalue weighted by molar-refractivity contribution is 0.0891. The minimum atomic E-state index is -0.246. The lowest BCUT2D eigenvalue weighted by Gasteiger charge is -2.16. The van der Waals surface area contributed by atoms with E-state index in [0.717, 1.165) is 12.8 Å². The first kappa shape index (κ1) is 13.4. The average molecular weight is 238 g/mol. The molecule has 1 amide bonds. The maximum absolute atomic E-state index is 11.8. The quantitative estimate of drug-likeness (QED) is 0.784. The van der Waals surface area contributed by atoms with Gasteiger partial charge in [-0.2, -0.15) is 0 Å². The predicted molar refractivity (Wildman–Crippen MR) is 63.9 cm³/mol. The Morgan fingerprint density at radius 3 is 2.94 bits per heavy atom. The number of hydrogen-bond donors (Lipinski definition) is 2. The van der Waals surface area contributed by atoms with Crippen LogP contribution >= 0.6 is 0 Å². The van der Waals surface area contributed by atoms with Crippen LogP contribution in [0.1, 0.15) is 30.1 Å². The second-order valence-corrected chi connectivity index (χ2v) is 3.85. The topological polar surface area (TPSA) is 71.5 Å². The number of aromatic nitrogens is 1. The highest BCUT2D eigenvalue weighted by molar-refractivity contribution is 5.94. The fourth-order valence-corrected chi connectivity index (χ4v) is 1.57. The van der Waals surface area contributed by atoms with Gasteiger partial charge >= 0.3 is 0 Å². The van der Waals surface area contributed by atoms with Crippen LogP contribution in [0, 0.1) is 0 Å². The zero-order valence-corrected chi connectivity index (χ0v) is 10.1. The van der Waals surface area contributed by atoms with Gasteiger partial charge in [-0.1, -0.05) is 13.3 Å². The van der Waals surface area contributed by atoms with E-state index in [4.69, 9.17) is 4.74 Å². The number of aromatic hydroxyl groups is 1. The maximum Gasteiger partial charge on any atom is 0.253 e. The number of nitrogens with one attached hydrogen (secondary N) is 1. The number of rotatable bonds is 6. The minimum Gasteiger partial charge on any atom is -0.506 e. The van der Waals surface area contributed by atoms with Gasteiger partial charge in [0.25, 0.3) is 5.91 Å². The van der Waals surface area contributed by atoms with E-state index in [1.165, 1.54) is 18.5 Å². The molecule has 94 valence electrons. The molecular weight excluding hydrogens is 220 g/mol. The highest BCUT2D eigenvalue weighted by Gasteiger charge is 2.13. The highest BCUT2D eigenvalue weighted by atomic mass is 16.5. The third kappa shape index (κ3) is 4.40. The number of carbonyl (C=O) groups excluding carboxylic acids is 1. The Bertz CT molecular complexity index is 363. The van der Waals surface area contributed by atoms with Gasteiger partial charge in [0.05, 0.1) is 24.4 Å². The summed E-state index contributed by atoms with van der Waals surface area (Å²) in [6, 6.07) is 1.37. The van der Waals surface area contributed by atoms with Gasteiger partial charge in [-0.3, -0.25) is 9.78 Å². The molecule has 0 saturated heterocycles. The van der Waals surface area contributed by atoms with E-state index < -0.39 is 0 Å². The molecule has 0 aromatic carbocycles. The first-order valence-corrected chi connectivity index (χ1v) is 5.61. The summed E-state index contributed by atoms with van der Waals surface area (Å²) in [7, 11) is 1.60. The lowest BCUT2D eigenvalue weighted by atomic mass is 10.1. The molecule has 1 rings (SSSR count). The van der Waals surface area contributed by atoms with Crippen molar-refractivity contribution in [2.45, 2.75) is 25.8 Å². The van der Waals surface area contributed by atoms with Crippen molar-refractivity contribution in [3.05, 3.63) is 24.0 Å². The Hall–Kier alpha value is -1.62. The van der Waals surface area contributed by atoms with Crippen molar-refractivity contribution in [3.63, 3.8) is 0 Å². The fraction of sp³-hybridized carbons (Fsp3) is 0.500. The summed E-state index contributed by atoms with van der Waals surface area (Å²) < 4.78 is 5.04. The molecule has 1 atom stereocenters. The number of nitrogens with zero attached hydrogens (tertiary/aromatic N) is 1. The van der Waals surface area contributed by atoms with Crippen molar-refractivity contribution in [3.8, 4) is 5.75 Å². The molecular formula is C12H18N2O3. The van der Waals surface area contributed by atoms with Crippen LogP contribution in [0.4, 0.5) is 0 Å². The molecule has 1 unspecified atom stereocenters. The molecule has 0 aliphatic heterocycles. The number of carbonyl (C=O) groups is 1.